The average molecular weight is 288 g/mol. The minimum absolute atomic E-state index is 0.0725. The van der Waals surface area contributed by atoms with E-state index >= 15 is 0 Å². The van der Waals surface area contributed by atoms with Crippen LogP contribution >= 0.6 is 0 Å². The van der Waals surface area contributed by atoms with Gasteiger partial charge in [-0.2, -0.15) is 0 Å². The van der Waals surface area contributed by atoms with Crippen molar-refractivity contribution in [3.63, 3.8) is 0 Å². The van der Waals surface area contributed by atoms with Crippen LogP contribution in [0.3, 0.4) is 0 Å². The Bertz CT molecular complexity index is 573. The normalized spacial score (nSPS) is 14.1. The summed E-state index contributed by atoms with van der Waals surface area (Å²) in [6.07, 6.45) is 1.01. The molecule has 0 aliphatic heterocycles. The summed E-state index contributed by atoms with van der Waals surface area (Å²) in [7, 11) is 1.82. The molecule has 1 N–H and O–H groups in total. The summed E-state index contributed by atoms with van der Waals surface area (Å²) in [5.41, 5.74) is 0.859. The van der Waals surface area contributed by atoms with E-state index in [1.165, 1.54) is 0 Å². The van der Waals surface area contributed by atoms with Gasteiger partial charge in [-0.1, -0.05) is 25.1 Å². The van der Waals surface area contributed by atoms with Crippen LogP contribution in [0, 0.1) is 0 Å². The second kappa shape index (κ2) is 6.76. The van der Waals surface area contributed by atoms with Crippen molar-refractivity contribution < 1.29 is 9.21 Å². The van der Waals surface area contributed by atoms with Gasteiger partial charge in [0, 0.05) is 18.5 Å². The largest absolute Gasteiger partial charge is 0.459 e. The Hall–Kier alpha value is -1.81. The molecule has 4 heteroatoms. The summed E-state index contributed by atoms with van der Waals surface area (Å²) < 4.78 is 5.83. The zero-order valence-electron chi connectivity index (χ0n) is 13.2. The highest BCUT2D eigenvalue weighted by molar-refractivity contribution is 5.80. The molecule has 21 heavy (non-hydrogen) atoms. The molecule has 1 amide bonds. The first-order valence-electron chi connectivity index (χ1n) is 7.50. The maximum atomic E-state index is 12.2. The highest BCUT2D eigenvalue weighted by Crippen LogP contribution is 2.26. The third kappa shape index (κ3) is 3.64. The summed E-state index contributed by atoms with van der Waals surface area (Å²) in [6, 6.07) is 10.2. The molecule has 0 bridgehead atoms. The van der Waals surface area contributed by atoms with Crippen LogP contribution in [-0.4, -0.2) is 30.4 Å². The van der Waals surface area contributed by atoms with E-state index in [-0.39, 0.29) is 11.9 Å². The van der Waals surface area contributed by atoms with E-state index < -0.39 is 0 Å². The standard InChI is InChI=1S/C17H24N2O2/c1-5-12(2)18-11-17(20)19(4)13(3)16-10-14-8-6-7-9-15(14)21-16/h6-10,12-13,18H,5,11H2,1-4H3. The maximum absolute atomic E-state index is 12.2. The molecule has 2 unspecified atom stereocenters. The number of nitrogens with one attached hydrogen (secondary N) is 1. The second-order valence-electron chi connectivity index (χ2n) is 5.56. The Kier molecular flexibility index (Phi) is 5.02. The van der Waals surface area contributed by atoms with Crippen LogP contribution in [0.15, 0.2) is 34.7 Å². The number of carbonyl (C=O) groups is 1. The van der Waals surface area contributed by atoms with Crippen LogP contribution < -0.4 is 5.32 Å². The number of benzene rings is 1. The van der Waals surface area contributed by atoms with Gasteiger partial charge >= 0.3 is 0 Å². The number of fused-ring (bicyclic) bond motifs is 1. The number of para-hydroxylation sites is 1. The number of hydrogen-bond donors (Lipinski definition) is 1. The van der Waals surface area contributed by atoms with Gasteiger partial charge in [-0.3, -0.25) is 4.79 Å². The SMILES string of the molecule is CCC(C)NCC(=O)N(C)C(C)c1cc2ccccc2o1. The fourth-order valence-electron chi connectivity index (χ4n) is 2.15. The van der Waals surface area contributed by atoms with Gasteiger partial charge in [0.25, 0.3) is 0 Å². The second-order valence-corrected chi connectivity index (χ2v) is 5.56. The monoisotopic (exact) mass is 288 g/mol. The molecule has 0 aliphatic rings. The first kappa shape index (κ1) is 15.6. The van der Waals surface area contributed by atoms with E-state index in [2.05, 4.69) is 19.2 Å². The van der Waals surface area contributed by atoms with Crippen molar-refractivity contribution in [2.75, 3.05) is 13.6 Å². The highest BCUT2D eigenvalue weighted by Gasteiger charge is 2.20. The van der Waals surface area contributed by atoms with Gasteiger partial charge in [0.15, 0.2) is 0 Å². The molecule has 2 aromatic rings. The lowest BCUT2D eigenvalue weighted by molar-refractivity contribution is -0.131. The molecule has 0 fully saturated rings. The molecular weight excluding hydrogens is 264 g/mol. The number of likely N-dealkylation sites (N-methyl/N-ethyl adjacent to an activating group) is 1. The molecule has 0 saturated heterocycles. The van der Waals surface area contributed by atoms with Crippen LogP contribution in [0.1, 0.15) is 39.0 Å². The Morgan fingerprint density at radius 1 is 1.33 bits per heavy atom. The minimum Gasteiger partial charge on any atom is -0.459 e. The summed E-state index contributed by atoms with van der Waals surface area (Å²) in [5, 5.41) is 4.29. The predicted molar refractivity (Wildman–Crippen MR) is 85.2 cm³/mol. The predicted octanol–water partition coefficient (Wildman–Crippen LogP) is 3.34. The van der Waals surface area contributed by atoms with E-state index in [1.807, 2.05) is 44.3 Å². The smallest absolute Gasteiger partial charge is 0.236 e. The molecule has 0 saturated carbocycles. The third-order valence-electron chi connectivity index (χ3n) is 4.04. The molecule has 1 heterocycles. The van der Waals surface area contributed by atoms with Gasteiger partial charge < -0.3 is 14.6 Å². The maximum Gasteiger partial charge on any atom is 0.236 e. The molecule has 2 atom stereocenters. The number of furan rings is 1. The summed E-state index contributed by atoms with van der Waals surface area (Å²) in [6.45, 7) is 6.52. The molecule has 114 valence electrons. The summed E-state index contributed by atoms with van der Waals surface area (Å²) in [5.74, 6) is 0.888. The fraction of sp³-hybridized carbons (Fsp3) is 0.471. The van der Waals surface area contributed by atoms with Gasteiger partial charge in [0.05, 0.1) is 12.6 Å². The van der Waals surface area contributed by atoms with E-state index in [0.717, 1.165) is 23.2 Å². The van der Waals surface area contributed by atoms with Gasteiger partial charge in [-0.15, -0.1) is 0 Å². The molecule has 0 aliphatic carbocycles. The van der Waals surface area contributed by atoms with Crippen molar-refractivity contribution in [3.05, 3.63) is 36.1 Å². The summed E-state index contributed by atoms with van der Waals surface area (Å²) >= 11 is 0. The van der Waals surface area contributed by atoms with Crippen LogP contribution in [0.2, 0.25) is 0 Å². The van der Waals surface area contributed by atoms with Gasteiger partial charge in [0.2, 0.25) is 5.91 Å². The van der Waals surface area contributed by atoms with E-state index in [1.54, 1.807) is 4.90 Å². The van der Waals surface area contributed by atoms with Gasteiger partial charge in [-0.05, 0) is 32.4 Å². The molecule has 1 aromatic heterocycles. The number of hydrogen-bond acceptors (Lipinski definition) is 3. The Labute approximate surface area is 126 Å². The zero-order valence-corrected chi connectivity index (χ0v) is 13.2. The van der Waals surface area contributed by atoms with Crippen molar-refractivity contribution in [2.45, 2.75) is 39.3 Å². The van der Waals surface area contributed by atoms with E-state index in [9.17, 15) is 4.79 Å². The van der Waals surface area contributed by atoms with Crippen LogP contribution in [0.4, 0.5) is 0 Å². The van der Waals surface area contributed by atoms with Crippen molar-refractivity contribution in [3.8, 4) is 0 Å². The van der Waals surface area contributed by atoms with E-state index in [0.29, 0.717) is 12.6 Å². The van der Waals surface area contributed by atoms with Crippen molar-refractivity contribution >= 4 is 16.9 Å². The first-order chi connectivity index (χ1) is 10.0. The zero-order chi connectivity index (χ0) is 15.4. The molecule has 1 aromatic carbocycles. The third-order valence-corrected chi connectivity index (χ3v) is 4.04. The molecule has 2 rings (SSSR count). The Morgan fingerprint density at radius 2 is 2.05 bits per heavy atom. The van der Waals surface area contributed by atoms with Gasteiger partial charge in [-0.25, -0.2) is 0 Å². The lowest BCUT2D eigenvalue weighted by Gasteiger charge is -2.24. The van der Waals surface area contributed by atoms with Crippen molar-refractivity contribution in [1.29, 1.82) is 0 Å². The average Bonchev–Trinajstić information content (AvgIpc) is 2.94. The quantitative estimate of drug-likeness (QED) is 0.886. The fourth-order valence-corrected chi connectivity index (χ4v) is 2.15. The van der Waals surface area contributed by atoms with Crippen LogP contribution in [-0.2, 0) is 4.79 Å². The molecule has 0 spiro atoms. The van der Waals surface area contributed by atoms with Crippen molar-refractivity contribution in [2.24, 2.45) is 0 Å². The van der Waals surface area contributed by atoms with Gasteiger partial charge in [0.1, 0.15) is 11.3 Å². The number of amides is 1. The van der Waals surface area contributed by atoms with E-state index in [4.69, 9.17) is 4.42 Å². The number of rotatable bonds is 6. The first-order valence-corrected chi connectivity index (χ1v) is 7.50. The topological polar surface area (TPSA) is 45.5 Å². The molecule has 4 nitrogen and oxygen atoms in total. The molecular formula is C17H24N2O2. The lowest BCUT2D eigenvalue weighted by Crippen LogP contribution is -2.39. The number of nitrogens with zero attached hydrogens (tertiary/aromatic N) is 1. The minimum atomic E-state index is -0.0800. The highest BCUT2D eigenvalue weighted by atomic mass is 16.3. The summed E-state index contributed by atoms with van der Waals surface area (Å²) in [4.78, 5) is 13.9. The molecule has 0 radical (unpaired) electrons. The lowest BCUT2D eigenvalue weighted by atomic mass is 10.2. The van der Waals surface area contributed by atoms with Crippen molar-refractivity contribution in [1.82, 2.24) is 10.2 Å². The van der Waals surface area contributed by atoms with Crippen LogP contribution in [0.5, 0.6) is 0 Å². The number of carbonyl (C=O) groups excluding carboxylic acids is 1. The van der Waals surface area contributed by atoms with Crippen LogP contribution in [0.25, 0.3) is 11.0 Å². The Morgan fingerprint density at radius 3 is 2.71 bits per heavy atom. The Balaban J connectivity index is 2.04.